The highest BCUT2D eigenvalue weighted by Gasteiger charge is 2.14. The summed E-state index contributed by atoms with van der Waals surface area (Å²) in [6, 6.07) is 1.66. The lowest BCUT2D eigenvalue weighted by molar-refractivity contribution is 0.229. The molecule has 1 unspecified atom stereocenters. The Morgan fingerprint density at radius 1 is 1.54 bits per heavy atom. The van der Waals surface area contributed by atoms with E-state index in [-0.39, 0.29) is 17.6 Å². The van der Waals surface area contributed by atoms with Crippen molar-refractivity contribution < 1.29 is 4.79 Å². The summed E-state index contributed by atoms with van der Waals surface area (Å²) in [6.45, 7) is 7.51. The summed E-state index contributed by atoms with van der Waals surface area (Å²) in [5, 5.41) is 13.8. The van der Waals surface area contributed by atoms with Gasteiger partial charge in [0.25, 0.3) is 0 Å². The normalized spacial score (nSPS) is 12.8. The van der Waals surface area contributed by atoms with Crippen molar-refractivity contribution in [1.29, 1.82) is 5.26 Å². The van der Waals surface area contributed by atoms with Crippen LogP contribution < -0.4 is 10.6 Å². The fourth-order valence-electron chi connectivity index (χ4n) is 0.788. The van der Waals surface area contributed by atoms with Gasteiger partial charge in [-0.1, -0.05) is 0 Å². The van der Waals surface area contributed by atoms with Gasteiger partial charge in [0, 0.05) is 11.6 Å². The summed E-state index contributed by atoms with van der Waals surface area (Å²) in [5.74, 6) is 0. The molecule has 0 aromatic carbocycles. The highest BCUT2D eigenvalue weighted by molar-refractivity contribution is 5.74. The van der Waals surface area contributed by atoms with Crippen LogP contribution in [-0.2, 0) is 0 Å². The average Bonchev–Trinajstić information content (AvgIpc) is 1.81. The monoisotopic (exact) mass is 183 g/mol. The molecule has 0 rings (SSSR count). The highest BCUT2D eigenvalue weighted by Crippen LogP contribution is 1.98. The molecular formula is C9H17N3O. The summed E-state index contributed by atoms with van der Waals surface area (Å²) in [5.41, 5.74) is -0.240. The zero-order valence-corrected chi connectivity index (χ0v) is 8.64. The summed E-state index contributed by atoms with van der Waals surface area (Å²) in [7, 11) is 0. The lowest BCUT2D eigenvalue weighted by Crippen LogP contribution is -2.48. The molecule has 0 aromatic rings. The molecule has 0 aliphatic rings. The van der Waals surface area contributed by atoms with Crippen molar-refractivity contribution in [3.63, 3.8) is 0 Å². The van der Waals surface area contributed by atoms with E-state index in [0.717, 1.165) is 0 Å². The maximum Gasteiger partial charge on any atom is 0.315 e. The minimum absolute atomic E-state index is 0.104. The quantitative estimate of drug-likeness (QED) is 0.679. The van der Waals surface area contributed by atoms with Gasteiger partial charge in [-0.15, -0.1) is 0 Å². The van der Waals surface area contributed by atoms with Gasteiger partial charge in [0.15, 0.2) is 0 Å². The second kappa shape index (κ2) is 4.70. The maximum absolute atomic E-state index is 11.2. The number of hydrogen-bond donors (Lipinski definition) is 2. The highest BCUT2D eigenvalue weighted by atomic mass is 16.2. The molecule has 2 N–H and O–H groups in total. The molecule has 1 atom stereocenters. The molecule has 0 bridgehead atoms. The van der Waals surface area contributed by atoms with E-state index in [9.17, 15) is 4.79 Å². The smallest absolute Gasteiger partial charge is 0.315 e. The van der Waals surface area contributed by atoms with Crippen molar-refractivity contribution >= 4 is 6.03 Å². The van der Waals surface area contributed by atoms with Gasteiger partial charge in [-0.25, -0.2) is 4.79 Å². The Labute approximate surface area is 79.3 Å². The van der Waals surface area contributed by atoms with Gasteiger partial charge < -0.3 is 10.6 Å². The van der Waals surface area contributed by atoms with E-state index >= 15 is 0 Å². The van der Waals surface area contributed by atoms with Gasteiger partial charge in [-0.2, -0.15) is 5.26 Å². The van der Waals surface area contributed by atoms with E-state index in [4.69, 9.17) is 5.26 Å². The molecule has 0 fully saturated rings. The molecule has 0 saturated carbocycles. The number of rotatable bonds is 2. The largest absolute Gasteiger partial charge is 0.335 e. The Balaban J connectivity index is 3.83. The van der Waals surface area contributed by atoms with Crippen LogP contribution in [0.3, 0.4) is 0 Å². The van der Waals surface area contributed by atoms with E-state index in [0.29, 0.717) is 6.42 Å². The number of carbonyl (C=O) groups is 1. The predicted molar refractivity (Wildman–Crippen MR) is 51.1 cm³/mol. The summed E-state index contributed by atoms with van der Waals surface area (Å²) in [4.78, 5) is 11.2. The number of urea groups is 1. The Morgan fingerprint density at radius 2 is 2.08 bits per heavy atom. The fraction of sp³-hybridized carbons (Fsp3) is 0.778. The Kier molecular flexibility index (Phi) is 4.26. The number of nitrogens with zero attached hydrogens (tertiary/aromatic N) is 1. The second-order valence-electron chi connectivity index (χ2n) is 4.11. The lowest BCUT2D eigenvalue weighted by Gasteiger charge is -2.22. The molecule has 74 valence electrons. The van der Waals surface area contributed by atoms with Gasteiger partial charge in [0.2, 0.25) is 0 Å². The molecule has 13 heavy (non-hydrogen) atoms. The zero-order chi connectivity index (χ0) is 10.5. The van der Waals surface area contributed by atoms with Crippen molar-refractivity contribution in [3.05, 3.63) is 0 Å². The molecule has 0 heterocycles. The predicted octanol–water partition coefficient (Wildman–Crippen LogP) is 1.39. The van der Waals surface area contributed by atoms with Gasteiger partial charge in [-0.05, 0) is 27.7 Å². The first-order chi connectivity index (χ1) is 5.85. The molecule has 2 amide bonds. The van der Waals surface area contributed by atoms with E-state index in [2.05, 4.69) is 10.6 Å². The topological polar surface area (TPSA) is 64.9 Å². The first kappa shape index (κ1) is 11.8. The van der Waals surface area contributed by atoms with Crippen LogP contribution >= 0.6 is 0 Å². The first-order valence-corrected chi connectivity index (χ1v) is 4.31. The number of carbonyl (C=O) groups excluding carboxylic acids is 1. The summed E-state index contributed by atoms with van der Waals surface area (Å²) in [6.07, 6.45) is 0.331. The number of nitrogens with one attached hydrogen (secondary N) is 2. The van der Waals surface area contributed by atoms with E-state index in [1.165, 1.54) is 0 Å². The molecule has 4 nitrogen and oxygen atoms in total. The van der Waals surface area contributed by atoms with Crippen molar-refractivity contribution in [2.24, 2.45) is 0 Å². The van der Waals surface area contributed by atoms with Crippen LogP contribution in [0, 0.1) is 11.3 Å². The third kappa shape index (κ3) is 7.13. The summed E-state index contributed by atoms with van der Waals surface area (Å²) < 4.78 is 0. The minimum atomic E-state index is -0.240. The maximum atomic E-state index is 11.2. The SMILES string of the molecule is CC(CC#N)NC(=O)NC(C)(C)C. The van der Waals surface area contributed by atoms with Crippen LogP contribution in [0.15, 0.2) is 0 Å². The Bertz CT molecular complexity index is 212. The standard InChI is InChI=1S/C9H17N3O/c1-7(5-6-10)11-8(13)12-9(2,3)4/h7H,5H2,1-4H3,(H2,11,12,13). The van der Waals surface area contributed by atoms with Crippen LogP contribution in [0.25, 0.3) is 0 Å². The fourth-order valence-corrected chi connectivity index (χ4v) is 0.788. The van der Waals surface area contributed by atoms with Crippen LogP contribution in [0.4, 0.5) is 4.79 Å². The Hall–Kier alpha value is -1.24. The van der Waals surface area contributed by atoms with Gasteiger partial charge >= 0.3 is 6.03 Å². The minimum Gasteiger partial charge on any atom is -0.335 e. The number of amides is 2. The first-order valence-electron chi connectivity index (χ1n) is 4.31. The summed E-state index contributed by atoms with van der Waals surface area (Å²) >= 11 is 0. The van der Waals surface area contributed by atoms with Crippen molar-refractivity contribution in [3.8, 4) is 6.07 Å². The third-order valence-corrected chi connectivity index (χ3v) is 1.26. The van der Waals surface area contributed by atoms with Crippen molar-refractivity contribution in [2.75, 3.05) is 0 Å². The van der Waals surface area contributed by atoms with Crippen LogP contribution in [-0.4, -0.2) is 17.6 Å². The van der Waals surface area contributed by atoms with Crippen LogP contribution in [0.5, 0.6) is 0 Å². The van der Waals surface area contributed by atoms with Gasteiger partial charge in [0.05, 0.1) is 12.5 Å². The second-order valence-corrected chi connectivity index (χ2v) is 4.11. The van der Waals surface area contributed by atoms with Crippen molar-refractivity contribution in [2.45, 2.75) is 45.7 Å². The molecule has 0 saturated heterocycles. The Morgan fingerprint density at radius 3 is 2.46 bits per heavy atom. The van der Waals surface area contributed by atoms with Crippen LogP contribution in [0.1, 0.15) is 34.1 Å². The van der Waals surface area contributed by atoms with E-state index in [1.54, 1.807) is 6.92 Å². The molecule has 0 aromatic heterocycles. The number of hydrogen-bond acceptors (Lipinski definition) is 2. The van der Waals surface area contributed by atoms with E-state index in [1.807, 2.05) is 26.8 Å². The molecule has 0 radical (unpaired) electrons. The van der Waals surface area contributed by atoms with Crippen molar-refractivity contribution in [1.82, 2.24) is 10.6 Å². The zero-order valence-electron chi connectivity index (χ0n) is 8.64. The molecule has 4 heteroatoms. The lowest BCUT2D eigenvalue weighted by atomic mass is 10.1. The third-order valence-electron chi connectivity index (χ3n) is 1.26. The molecule has 0 spiro atoms. The van der Waals surface area contributed by atoms with E-state index < -0.39 is 0 Å². The average molecular weight is 183 g/mol. The van der Waals surface area contributed by atoms with Gasteiger partial charge in [0.1, 0.15) is 0 Å². The molecule has 0 aliphatic heterocycles. The van der Waals surface area contributed by atoms with Crippen LogP contribution in [0.2, 0.25) is 0 Å². The molecular weight excluding hydrogens is 166 g/mol. The van der Waals surface area contributed by atoms with Gasteiger partial charge in [-0.3, -0.25) is 0 Å². The number of nitriles is 1. The molecule has 0 aliphatic carbocycles.